The molecule has 0 aliphatic heterocycles. The molecule has 3 N–H and O–H groups in total. The van der Waals surface area contributed by atoms with Crippen LogP contribution < -0.4 is 5.73 Å². The standard InChI is InChI=1S/C41H70NO8P/c1-3-5-7-9-11-13-15-17-18-19-20-22-24-26-28-30-32-34-41(44)50-39(38-49-51(45,46)48-36-35-42)37-47-40(43)33-31-29-27-25-23-21-16-14-12-10-8-6-4-2/h5,7,11,13-14,16-18,20,22,26,28,39H,3-4,6,8-10,12,15,19,21,23-25,27,29-38,42H2,1-2H3,(H,45,46). The molecule has 0 spiro atoms. The molecule has 0 fully saturated rings. The molecule has 0 saturated carbocycles. The molecular formula is C41H70NO8P. The summed E-state index contributed by atoms with van der Waals surface area (Å²) in [5.41, 5.74) is 5.33. The van der Waals surface area contributed by atoms with E-state index in [1.807, 2.05) is 6.08 Å². The van der Waals surface area contributed by atoms with E-state index in [0.29, 0.717) is 19.3 Å². The van der Waals surface area contributed by atoms with Crippen LogP contribution in [0, 0.1) is 0 Å². The number of hydrogen-bond donors (Lipinski definition) is 2. The molecule has 2 unspecified atom stereocenters. The zero-order chi connectivity index (χ0) is 37.5. The van der Waals surface area contributed by atoms with Gasteiger partial charge in [-0.2, -0.15) is 0 Å². The Morgan fingerprint density at radius 2 is 1.10 bits per heavy atom. The van der Waals surface area contributed by atoms with Crippen LogP contribution in [-0.2, 0) is 32.7 Å². The van der Waals surface area contributed by atoms with Crippen molar-refractivity contribution in [2.24, 2.45) is 5.73 Å². The van der Waals surface area contributed by atoms with Crippen molar-refractivity contribution in [1.82, 2.24) is 0 Å². The maximum atomic E-state index is 12.5. The Morgan fingerprint density at radius 1 is 0.608 bits per heavy atom. The van der Waals surface area contributed by atoms with Crippen molar-refractivity contribution in [3.8, 4) is 0 Å². The lowest BCUT2D eigenvalue weighted by molar-refractivity contribution is -0.161. The second kappa shape index (κ2) is 37.2. The Kier molecular flexibility index (Phi) is 35.4. The van der Waals surface area contributed by atoms with Crippen molar-refractivity contribution < 1.29 is 37.6 Å². The van der Waals surface area contributed by atoms with Gasteiger partial charge in [0.2, 0.25) is 0 Å². The Bertz CT molecular complexity index is 1070. The molecular weight excluding hydrogens is 665 g/mol. The summed E-state index contributed by atoms with van der Waals surface area (Å²) in [7, 11) is -4.39. The Labute approximate surface area is 310 Å². The molecule has 0 aromatic rings. The van der Waals surface area contributed by atoms with Crippen molar-refractivity contribution in [2.75, 3.05) is 26.4 Å². The minimum atomic E-state index is -4.39. The van der Waals surface area contributed by atoms with Crippen LogP contribution in [0.15, 0.2) is 72.9 Å². The number of unbranched alkanes of at least 4 members (excludes halogenated alkanes) is 10. The highest BCUT2D eigenvalue weighted by Gasteiger charge is 2.25. The third-order valence-electron chi connectivity index (χ3n) is 7.58. The molecule has 9 nitrogen and oxygen atoms in total. The molecule has 0 heterocycles. The molecule has 0 radical (unpaired) electrons. The molecule has 10 heteroatoms. The molecule has 0 saturated heterocycles. The fourth-order valence-electron chi connectivity index (χ4n) is 4.72. The first-order valence-electron chi connectivity index (χ1n) is 19.4. The van der Waals surface area contributed by atoms with Gasteiger partial charge in [-0.3, -0.25) is 18.6 Å². The van der Waals surface area contributed by atoms with Crippen molar-refractivity contribution in [3.63, 3.8) is 0 Å². The zero-order valence-electron chi connectivity index (χ0n) is 31.8. The molecule has 0 aromatic heterocycles. The number of carbonyl (C=O) groups is 2. The van der Waals surface area contributed by atoms with Gasteiger partial charge in [-0.1, -0.05) is 125 Å². The summed E-state index contributed by atoms with van der Waals surface area (Å²) >= 11 is 0. The van der Waals surface area contributed by atoms with Gasteiger partial charge in [-0.25, -0.2) is 4.57 Å². The molecule has 0 rings (SSSR count). The first kappa shape index (κ1) is 48.5. The number of nitrogens with two attached hydrogens (primary N) is 1. The maximum Gasteiger partial charge on any atom is 0.472 e. The van der Waals surface area contributed by atoms with Crippen LogP contribution >= 0.6 is 7.82 Å². The summed E-state index contributed by atoms with van der Waals surface area (Å²) in [5, 5.41) is 0. The second-order valence-corrected chi connectivity index (χ2v) is 13.9. The van der Waals surface area contributed by atoms with Crippen molar-refractivity contribution in [1.29, 1.82) is 0 Å². The van der Waals surface area contributed by atoms with Crippen LogP contribution in [0.2, 0.25) is 0 Å². The van der Waals surface area contributed by atoms with Gasteiger partial charge in [0.15, 0.2) is 6.10 Å². The van der Waals surface area contributed by atoms with Gasteiger partial charge in [0.25, 0.3) is 0 Å². The predicted octanol–water partition coefficient (Wildman–Crippen LogP) is 10.7. The summed E-state index contributed by atoms with van der Waals surface area (Å²) in [6.07, 6.45) is 43.7. The van der Waals surface area contributed by atoms with E-state index in [4.69, 9.17) is 24.3 Å². The molecule has 0 bridgehead atoms. The van der Waals surface area contributed by atoms with Crippen molar-refractivity contribution >= 4 is 19.8 Å². The van der Waals surface area contributed by atoms with Crippen LogP contribution in [-0.4, -0.2) is 49.3 Å². The summed E-state index contributed by atoms with van der Waals surface area (Å²) in [6.45, 7) is 3.49. The number of phosphoric ester groups is 1. The topological polar surface area (TPSA) is 134 Å². The fraction of sp³-hybridized carbons (Fsp3) is 0.659. The molecule has 0 aromatic carbocycles. The first-order valence-corrected chi connectivity index (χ1v) is 20.9. The minimum Gasteiger partial charge on any atom is -0.462 e. The number of phosphoric acid groups is 1. The van der Waals surface area contributed by atoms with Crippen LogP contribution in [0.5, 0.6) is 0 Å². The van der Waals surface area contributed by atoms with Gasteiger partial charge in [0.1, 0.15) is 6.61 Å². The first-order chi connectivity index (χ1) is 24.8. The number of rotatable bonds is 35. The van der Waals surface area contributed by atoms with E-state index in [9.17, 15) is 19.0 Å². The van der Waals surface area contributed by atoms with E-state index in [1.165, 1.54) is 32.1 Å². The number of ether oxygens (including phenoxy) is 2. The van der Waals surface area contributed by atoms with E-state index in [0.717, 1.165) is 64.2 Å². The van der Waals surface area contributed by atoms with E-state index >= 15 is 0 Å². The average Bonchev–Trinajstić information content (AvgIpc) is 3.11. The largest absolute Gasteiger partial charge is 0.472 e. The van der Waals surface area contributed by atoms with E-state index in [1.54, 1.807) is 0 Å². The average molecular weight is 736 g/mol. The fourth-order valence-corrected chi connectivity index (χ4v) is 5.49. The third kappa shape index (κ3) is 37.0. The van der Waals surface area contributed by atoms with Gasteiger partial charge >= 0.3 is 19.8 Å². The Hall–Kier alpha value is -2.55. The molecule has 0 aliphatic carbocycles. The summed E-state index contributed by atoms with van der Waals surface area (Å²) in [6, 6.07) is 0. The predicted molar refractivity (Wildman–Crippen MR) is 210 cm³/mol. The number of allylic oxidation sites excluding steroid dienone is 12. The molecule has 292 valence electrons. The third-order valence-corrected chi connectivity index (χ3v) is 8.56. The molecule has 0 amide bonds. The summed E-state index contributed by atoms with van der Waals surface area (Å²) < 4.78 is 32.6. The van der Waals surface area contributed by atoms with Crippen LogP contribution in [0.3, 0.4) is 0 Å². The highest BCUT2D eigenvalue weighted by atomic mass is 31.2. The SMILES string of the molecule is CCC=CCC=CCC=CCC=CCC=CCCCC(=O)OC(COC(=O)CCCCCCCC=CCCCCCC)COP(=O)(O)OCCN. The lowest BCUT2D eigenvalue weighted by Gasteiger charge is -2.19. The van der Waals surface area contributed by atoms with E-state index < -0.39 is 32.5 Å². The Balaban J connectivity index is 4.36. The number of hydrogen-bond acceptors (Lipinski definition) is 8. The normalized spacial score (nSPS) is 14.2. The van der Waals surface area contributed by atoms with Crippen molar-refractivity contribution in [2.45, 2.75) is 148 Å². The second-order valence-electron chi connectivity index (χ2n) is 12.4. The molecule has 51 heavy (non-hydrogen) atoms. The highest BCUT2D eigenvalue weighted by molar-refractivity contribution is 7.47. The van der Waals surface area contributed by atoms with Gasteiger partial charge in [0.05, 0.1) is 13.2 Å². The van der Waals surface area contributed by atoms with Gasteiger partial charge in [-0.15, -0.1) is 0 Å². The summed E-state index contributed by atoms with van der Waals surface area (Å²) in [4.78, 5) is 34.7. The van der Waals surface area contributed by atoms with Gasteiger partial charge in [0, 0.05) is 19.4 Å². The monoisotopic (exact) mass is 735 g/mol. The maximum absolute atomic E-state index is 12.5. The number of carbonyl (C=O) groups excluding carboxylic acids is 2. The van der Waals surface area contributed by atoms with Gasteiger partial charge < -0.3 is 20.1 Å². The summed E-state index contributed by atoms with van der Waals surface area (Å²) in [5.74, 6) is -0.916. The number of esters is 2. The van der Waals surface area contributed by atoms with E-state index in [2.05, 4.69) is 80.7 Å². The van der Waals surface area contributed by atoms with Gasteiger partial charge in [-0.05, 0) is 77.0 Å². The van der Waals surface area contributed by atoms with E-state index in [-0.39, 0.29) is 32.6 Å². The highest BCUT2D eigenvalue weighted by Crippen LogP contribution is 2.43. The smallest absolute Gasteiger partial charge is 0.462 e. The molecule has 0 aliphatic rings. The zero-order valence-corrected chi connectivity index (χ0v) is 32.7. The Morgan fingerprint density at radius 3 is 1.69 bits per heavy atom. The molecule has 2 atom stereocenters. The lowest BCUT2D eigenvalue weighted by Crippen LogP contribution is -2.29. The van der Waals surface area contributed by atoms with Crippen LogP contribution in [0.25, 0.3) is 0 Å². The minimum absolute atomic E-state index is 0.0397. The van der Waals surface area contributed by atoms with Crippen molar-refractivity contribution in [3.05, 3.63) is 72.9 Å². The lowest BCUT2D eigenvalue weighted by atomic mass is 10.1. The van der Waals surface area contributed by atoms with Crippen LogP contribution in [0.1, 0.15) is 142 Å². The van der Waals surface area contributed by atoms with Crippen LogP contribution in [0.4, 0.5) is 0 Å². The quantitative estimate of drug-likeness (QED) is 0.0282.